The summed E-state index contributed by atoms with van der Waals surface area (Å²) in [6, 6.07) is 5.99. The van der Waals surface area contributed by atoms with Gasteiger partial charge in [-0.2, -0.15) is 0 Å². The van der Waals surface area contributed by atoms with Crippen LogP contribution < -0.4 is 10.6 Å². The number of hydrogen-bond donors (Lipinski definition) is 2. The van der Waals surface area contributed by atoms with Crippen LogP contribution in [0.4, 0.5) is 0 Å². The third kappa shape index (κ3) is 5.54. The van der Waals surface area contributed by atoms with Crippen LogP contribution in [0, 0.1) is 0 Å². The number of aliphatic imine (C=N–C) groups is 1. The lowest BCUT2D eigenvalue weighted by Crippen LogP contribution is -2.56. The molecule has 2 fully saturated rings. The number of pyridine rings is 1. The quantitative estimate of drug-likeness (QED) is 0.382. The van der Waals surface area contributed by atoms with E-state index in [0.717, 1.165) is 76.2 Å². The zero-order valence-corrected chi connectivity index (χ0v) is 18.9. The van der Waals surface area contributed by atoms with Crippen molar-refractivity contribution < 1.29 is 4.74 Å². The summed E-state index contributed by atoms with van der Waals surface area (Å²) < 4.78 is 7.67. The molecular formula is C23H37N7O. The van der Waals surface area contributed by atoms with Gasteiger partial charge in [0.25, 0.3) is 0 Å². The van der Waals surface area contributed by atoms with Gasteiger partial charge in [-0.1, -0.05) is 25.3 Å². The second kappa shape index (κ2) is 10.9. The molecule has 8 heteroatoms. The van der Waals surface area contributed by atoms with E-state index in [1.54, 1.807) is 0 Å². The third-order valence-corrected chi connectivity index (χ3v) is 6.60. The molecule has 2 N–H and O–H groups in total. The van der Waals surface area contributed by atoms with Gasteiger partial charge in [0.1, 0.15) is 5.82 Å². The molecule has 2 aromatic heterocycles. The Morgan fingerprint density at radius 1 is 1.13 bits per heavy atom. The van der Waals surface area contributed by atoms with Gasteiger partial charge in [0.05, 0.1) is 19.8 Å². The van der Waals surface area contributed by atoms with Crippen molar-refractivity contribution in [1.82, 2.24) is 30.1 Å². The zero-order chi connectivity index (χ0) is 21.4. The standard InChI is InChI=1S/C23H37N7O/c1-2-24-22(25-13-8-10-21-28-27-20-9-4-7-14-30(20)21)26-19-23(11-5-3-6-12-23)29-15-17-31-18-16-29/h4,7,9,14H,2-3,5-6,8,10-13,15-19H2,1H3,(H2,24,25,26). The van der Waals surface area contributed by atoms with Crippen LogP contribution in [0.2, 0.25) is 0 Å². The molecule has 3 heterocycles. The van der Waals surface area contributed by atoms with Gasteiger partial charge in [0.15, 0.2) is 11.6 Å². The van der Waals surface area contributed by atoms with Gasteiger partial charge in [-0.05, 0) is 38.3 Å². The molecule has 0 bridgehead atoms. The highest BCUT2D eigenvalue weighted by Crippen LogP contribution is 2.34. The lowest BCUT2D eigenvalue weighted by atomic mass is 9.80. The Morgan fingerprint density at radius 2 is 1.97 bits per heavy atom. The molecule has 4 rings (SSSR count). The smallest absolute Gasteiger partial charge is 0.191 e. The molecule has 2 aliphatic rings. The maximum atomic E-state index is 5.61. The van der Waals surface area contributed by atoms with E-state index in [2.05, 4.69) is 37.1 Å². The highest BCUT2D eigenvalue weighted by molar-refractivity contribution is 5.79. The molecule has 0 atom stereocenters. The fourth-order valence-corrected chi connectivity index (χ4v) is 4.90. The van der Waals surface area contributed by atoms with Crippen molar-refractivity contribution in [3.05, 3.63) is 30.2 Å². The number of nitrogens with one attached hydrogen (secondary N) is 2. The summed E-state index contributed by atoms with van der Waals surface area (Å²) in [6.07, 6.45) is 10.4. The molecule has 31 heavy (non-hydrogen) atoms. The first-order chi connectivity index (χ1) is 15.3. The largest absolute Gasteiger partial charge is 0.379 e. The predicted octanol–water partition coefficient (Wildman–Crippen LogP) is 2.25. The van der Waals surface area contributed by atoms with E-state index in [0.29, 0.717) is 0 Å². The first kappa shape index (κ1) is 22.0. The van der Waals surface area contributed by atoms with Gasteiger partial charge in [-0.3, -0.25) is 14.3 Å². The van der Waals surface area contributed by atoms with Crippen molar-refractivity contribution in [1.29, 1.82) is 0 Å². The van der Waals surface area contributed by atoms with Crippen molar-refractivity contribution in [3.63, 3.8) is 0 Å². The number of morpholine rings is 1. The molecule has 0 spiro atoms. The first-order valence-corrected chi connectivity index (χ1v) is 11.9. The van der Waals surface area contributed by atoms with Gasteiger partial charge in [-0.25, -0.2) is 0 Å². The summed E-state index contributed by atoms with van der Waals surface area (Å²) in [6.45, 7) is 8.47. The van der Waals surface area contributed by atoms with Crippen LogP contribution in [-0.2, 0) is 11.2 Å². The zero-order valence-electron chi connectivity index (χ0n) is 18.9. The van der Waals surface area contributed by atoms with E-state index < -0.39 is 0 Å². The van der Waals surface area contributed by atoms with Gasteiger partial charge in [0, 0.05) is 44.3 Å². The summed E-state index contributed by atoms with van der Waals surface area (Å²) in [5.41, 5.74) is 1.10. The number of aryl methyl sites for hydroxylation is 1. The molecule has 0 radical (unpaired) electrons. The Morgan fingerprint density at radius 3 is 2.77 bits per heavy atom. The Hall–Kier alpha value is -2.19. The fraction of sp³-hybridized carbons (Fsp3) is 0.696. The molecule has 1 saturated heterocycles. The second-order valence-corrected chi connectivity index (χ2v) is 8.65. The van der Waals surface area contributed by atoms with E-state index in [-0.39, 0.29) is 5.54 Å². The summed E-state index contributed by atoms with van der Waals surface area (Å²) in [7, 11) is 0. The maximum absolute atomic E-state index is 5.61. The van der Waals surface area contributed by atoms with Crippen LogP contribution in [0.5, 0.6) is 0 Å². The van der Waals surface area contributed by atoms with Crippen LogP contribution in [0.1, 0.15) is 51.3 Å². The van der Waals surface area contributed by atoms with Crippen molar-refractivity contribution in [2.45, 2.75) is 57.4 Å². The third-order valence-electron chi connectivity index (χ3n) is 6.60. The predicted molar refractivity (Wildman–Crippen MR) is 123 cm³/mol. The van der Waals surface area contributed by atoms with Gasteiger partial charge < -0.3 is 15.4 Å². The lowest BCUT2D eigenvalue weighted by Gasteiger charge is -2.47. The van der Waals surface area contributed by atoms with E-state index in [4.69, 9.17) is 9.73 Å². The SMILES string of the molecule is CCNC(=NCC1(N2CCOCC2)CCCCC1)NCCCc1nnc2ccccn12. The highest BCUT2D eigenvalue weighted by atomic mass is 16.5. The fourth-order valence-electron chi connectivity index (χ4n) is 4.90. The Balaban J connectivity index is 1.33. The first-order valence-electron chi connectivity index (χ1n) is 11.9. The highest BCUT2D eigenvalue weighted by Gasteiger charge is 2.38. The number of ether oxygens (including phenoxy) is 1. The number of hydrogen-bond acceptors (Lipinski definition) is 5. The van der Waals surface area contributed by atoms with Crippen molar-refractivity contribution in [3.8, 4) is 0 Å². The van der Waals surface area contributed by atoms with E-state index in [1.807, 2.05) is 24.4 Å². The van der Waals surface area contributed by atoms with E-state index >= 15 is 0 Å². The molecule has 2 aromatic rings. The molecule has 1 aliphatic carbocycles. The number of guanidine groups is 1. The molecule has 0 unspecified atom stereocenters. The number of nitrogens with zero attached hydrogens (tertiary/aromatic N) is 5. The molecule has 1 aliphatic heterocycles. The minimum Gasteiger partial charge on any atom is -0.379 e. The molecule has 1 saturated carbocycles. The Kier molecular flexibility index (Phi) is 7.75. The van der Waals surface area contributed by atoms with Gasteiger partial charge in [0.2, 0.25) is 0 Å². The van der Waals surface area contributed by atoms with Gasteiger partial charge >= 0.3 is 0 Å². The summed E-state index contributed by atoms with van der Waals surface area (Å²) >= 11 is 0. The average molecular weight is 428 g/mol. The number of fused-ring (bicyclic) bond motifs is 1. The summed E-state index contributed by atoms with van der Waals surface area (Å²) in [5.74, 6) is 1.93. The molecule has 170 valence electrons. The van der Waals surface area contributed by atoms with Crippen LogP contribution in [0.3, 0.4) is 0 Å². The second-order valence-electron chi connectivity index (χ2n) is 8.65. The van der Waals surface area contributed by atoms with Crippen LogP contribution in [0.15, 0.2) is 29.4 Å². The molecule has 8 nitrogen and oxygen atoms in total. The van der Waals surface area contributed by atoms with Crippen molar-refractivity contribution >= 4 is 11.6 Å². The minimum absolute atomic E-state index is 0.199. The van der Waals surface area contributed by atoms with E-state index in [9.17, 15) is 0 Å². The lowest BCUT2D eigenvalue weighted by molar-refractivity contribution is -0.0333. The van der Waals surface area contributed by atoms with Crippen LogP contribution in [-0.4, -0.2) is 76.9 Å². The monoisotopic (exact) mass is 427 g/mol. The maximum Gasteiger partial charge on any atom is 0.191 e. The topological polar surface area (TPSA) is 79.1 Å². The Labute approximate surface area is 185 Å². The average Bonchev–Trinajstić information content (AvgIpc) is 3.24. The van der Waals surface area contributed by atoms with Crippen molar-refractivity contribution in [2.24, 2.45) is 4.99 Å². The van der Waals surface area contributed by atoms with Crippen LogP contribution >= 0.6 is 0 Å². The minimum atomic E-state index is 0.199. The van der Waals surface area contributed by atoms with Gasteiger partial charge in [-0.15, -0.1) is 10.2 Å². The number of rotatable bonds is 8. The Bertz CT molecular complexity index is 837. The number of aromatic nitrogens is 3. The van der Waals surface area contributed by atoms with Crippen LogP contribution in [0.25, 0.3) is 5.65 Å². The normalized spacial score (nSPS) is 20.1. The summed E-state index contributed by atoms with van der Waals surface area (Å²) in [5, 5.41) is 15.5. The molecule has 0 aromatic carbocycles. The van der Waals surface area contributed by atoms with Crippen molar-refractivity contribution in [2.75, 3.05) is 45.9 Å². The molecular weight excluding hydrogens is 390 g/mol. The summed E-state index contributed by atoms with van der Waals surface area (Å²) in [4.78, 5) is 7.70. The molecule has 0 amide bonds. The van der Waals surface area contributed by atoms with E-state index in [1.165, 1.54) is 32.1 Å².